The summed E-state index contributed by atoms with van der Waals surface area (Å²) in [5.74, 6) is 1.80. The topological polar surface area (TPSA) is 78.9 Å². The maximum absolute atomic E-state index is 12.8. The smallest absolute Gasteiger partial charge is 0.305 e. The molecule has 0 aromatic carbocycles. The number of esters is 3. The summed E-state index contributed by atoms with van der Waals surface area (Å²) in [5.41, 5.74) is -0.737. The van der Waals surface area contributed by atoms with Crippen LogP contribution in [0.25, 0.3) is 0 Å². The van der Waals surface area contributed by atoms with Crippen LogP contribution in [0.15, 0.2) is 0 Å². The van der Waals surface area contributed by atoms with E-state index in [0.717, 1.165) is 75.5 Å². The lowest BCUT2D eigenvalue weighted by Crippen LogP contribution is -2.39. The van der Waals surface area contributed by atoms with Crippen LogP contribution in [0.4, 0.5) is 0 Å². The highest BCUT2D eigenvalue weighted by Crippen LogP contribution is 2.26. The Kier molecular flexibility index (Phi) is 41.6. The van der Waals surface area contributed by atoms with E-state index in [1.54, 1.807) is 0 Å². The molecule has 0 saturated heterocycles. The SMILES string of the molecule is CCC(COC(=O)CCCCCCCCCCCCC(C)C)(COC(=O)CCCCCCCCCCCCC(C)C)COC(=O)CCCCCCCCCCCCC(C)C. The minimum atomic E-state index is -0.737. The summed E-state index contributed by atoms with van der Waals surface area (Å²) < 4.78 is 17.4. The van der Waals surface area contributed by atoms with Crippen LogP contribution < -0.4 is 0 Å². The van der Waals surface area contributed by atoms with Crippen LogP contribution >= 0.6 is 0 Å². The number of carbonyl (C=O) groups is 3. The van der Waals surface area contributed by atoms with Crippen LogP contribution in [0.1, 0.15) is 286 Å². The number of unbranched alkanes of at least 4 members (excludes halogenated alkanes) is 27. The van der Waals surface area contributed by atoms with Crippen molar-refractivity contribution >= 4 is 17.9 Å². The molecule has 6 nitrogen and oxygen atoms in total. The molecule has 0 aliphatic rings. The quantitative estimate of drug-likeness (QED) is 0.0345. The summed E-state index contributed by atoms with van der Waals surface area (Å²) in [6, 6.07) is 0. The normalized spacial score (nSPS) is 11.9. The van der Waals surface area contributed by atoms with Crippen molar-refractivity contribution in [2.24, 2.45) is 23.2 Å². The molecule has 6 heteroatoms. The molecule has 0 radical (unpaired) electrons. The number of rotatable bonds is 46. The Labute approximate surface area is 374 Å². The molecular formula is C54H104O6. The molecule has 0 atom stereocenters. The average molecular weight is 849 g/mol. The van der Waals surface area contributed by atoms with Gasteiger partial charge in [-0.1, -0.05) is 241 Å². The minimum Gasteiger partial charge on any atom is -0.465 e. The first-order valence-corrected chi connectivity index (χ1v) is 26.5. The van der Waals surface area contributed by atoms with Crippen molar-refractivity contribution in [3.8, 4) is 0 Å². The molecule has 0 spiro atoms. The van der Waals surface area contributed by atoms with Crippen LogP contribution in [0.3, 0.4) is 0 Å². The summed E-state index contributed by atoms with van der Waals surface area (Å²) in [5, 5.41) is 0. The lowest BCUT2D eigenvalue weighted by atomic mass is 9.88. The summed E-state index contributed by atoms with van der Waals surface area (Å²) in [4.78, 5) is 38.5. The molecule has 0 rings (SSSR count). The van der Waals surface area contributed by atoms with Gasteiger partial charge in [-0.2, -0.15) is 0 Å². The maximum atomic E-state index is 12.8. The van der Waals surface area contributed by atoms with Gasteiger partial charge in [0.15, 0.2) is 0 Å². The standard InChI is InChI=1S/C54H104O6/c1-8-54(45-58-51(55)42-36-30-24-18-12-9-15-21-27-33-39-48(2)3,46-59-52(56)43-37-31-25-19-13-10-16-22-28-34-40-49(4)5)47-60-53(57)44-38-32-26-20-14-11-17-23-29-35-41-50(6)7/h48-50H,8-47H2,1-7H3. The lowest BCUT2D eigenvalue weighted by Gasteiger charge is -2.31. The lowest BCUT2D eigenvalue weighted by molar-refractivity contribution is -0.162. The Bertz CT molecular complexity index is 841. The van der Waals surface area contributed by atoms with E-state index in [-0.39, 0.29) is 37.7 Å². The minimum absolute atomic E-state index is 0.0928. The van der Waals surface area contributed by atoms with Crippen molar-refractivity contribution in [1.82, 2.24) is 0 Å². The number of hydrogen-bond donors (Lipinski definition) is 0. The third kappa shape index (κ3) is 41.7. The molecule has 0 fully saturated rings. The molecule has 0 saturated carbocycles. The summed E-state index contributed by atoms with van der Waals surface area (Å²) in [6.07, 6.45) is 42.6. The highest BCUT2D eigenvalue weighted by Gasteiger charge is 2.34. The molecule has 0 amide bonds. The Hall–Kier alpha value is -1.59. The van der Waals surface area contributed by atoms with E-state index in [9.17, 15) is 14.4 Å². The van der Waals surface area contributed by atoms with Crippen molar-refractivity contribution in [3.63, 3.8) is 0 Å². The van der Waals surface area contributed by atoms with Gasteiger partial charge in [0, 0.05) is 19.3 Å². The molecule has 0 unspecified atom stereocenters. The number of carbonyl (C=O) groups excluding carboxylic acids is 3. The van der Waals surface area contributed by atoms with Gasteiger partial charge < -0.3 is 14.2 Å². The molecule has 0 heterocycles. The van der Waals surface area contributed by atoms with Gasteiger partial charge in [0.2, 0.25) is 0 Å². The van der Waals surface area contributed by atoms with Gasteiger partial charge in [-0.05, 0) is 43.4 Å². The van der Waals surface area contributed by atoms with E-state index in [0.29, 0.717) is 25.7 Å². The molecule has 0 aliphatic heterocycles. The molecule has 0 bridgehead atoms. The zero-order valence-electron chi connectivity index (χ0n) is 41.5. The molecule has 60 heavy (non-hydrogen) atoms. The Morgan fingerprint density at radius 1 is 0.317 bits per heavy atom. The number of ether oxygens (including phenoxy) is 3. The van der Waals surface area contributed by atoms with Gasteiger partial charge in [-0.3, -0.25) is 14.4 Å². The highest BCUT2D eigenvalue weighted by atomic mass is 16.6. The second kappa shape index (κ2) is 42.7. The first-order chi connectivity index (χ1) is 29.0. The van der Waals surface area contributed by atoms with Crippen LogP contribution in [0.5, 0.6) is 0 Å². The molecule has 0 aromatic heterocycles. The fourth-order valence-electron chi connectivity index (χ4n) is 8.06. The van der Waals surface area contributed by atoms with E-state index >= 15 is 0 Å². The van der Waals surface area contributed by atoms with Gasteiger partial charge in [0.25, 0.3) is 0 Å². The first kappa shape index (κ1) is 58.4. The highest BCUT2D eigenvalue weighted by molar-refractivity contribution is 5.70. The van der Waals surface area contributed by atoms with Gasteiger partial charge >= 0.3 is 17.9 Å². The van der Waals surface area contributed by atoms with Crippen molar-refractivity contribution in [2.75, 3.05) is 19.8 Å². The van der Waals surface area contributed by atoms with Crippen LogP contribution in [-0.2, 0) is 28.6 Å². The molecule has 0 aromatic rings. The van der Waals surface area contributed by atoms with Gasteiger partial charge in [-0.25, -0.2) is 0 Å². The zero-order chi connectivity index (χ0) is 44.4. The average Bonchev–Trinajstić information content (AvgIpc) is 3.21. The van der Waals surface area contributed by atoms with Gasteiger partial charge in [0.05, 0.1) is 5.41 Å². The fraction of sp³-hybridized carbons (Fsp3) is 0.944. The van der Waals surface area contributed by atoms with Gasteiger partial charge in [0.1, 0.15) is 19.8 Å². The van der Waals surface area contributed by atoms with Crippen molar-refractivity contribution < 1.29 is 28.6 Å². The third-order valence-corrected chi connectivity index (χ3v) is 12.6. The Balaban J connectivity index is 4.59. The second-order valence-electron chi connectivity index (χ2n) is 20.2. The van der Waals surface area contributed by atoms with E-state index < -0.39 is 5.41 Å². The van der Waals surface area contributed by atoms with E-state index in [4.69, 9.17) is 14.2 Å². The fourth-order valence-corrected chi connectivity index (χ4v) is 8.06. The van der Waals surface area contributed by atoms with Gasteiger partial charge in [-0.15, -0.1) is 0 Å². The van der Waals surface area contributed by atoms with Crippen LogP contribution in [0.2, 0.25) is 0 Å². The van der Waals surface area contributed by atoms with Crippen molar-refractivity contribution in [2.45, 2.75) is 286 Å². The van der Waals surface area contributed by atoms with Crippen LogP contribution in [0, 0.1) is 23.2 Å². The van der Waals surface area contributed by atoms with Crippen molar-refractivity contribution in [3.05, 3.63) is 0 Å². The predicted octanol–water partition coefficient (Wildman–Crippen LogP) is 17.0. The monoisotopic (exact) mass is 849 g/mol. The van der Waals surface area contributed by atoms with E-state index in [2.05, 4.69) is 41.5 Å². The Morgan fingerprint density at radius 3 is 0.683 bits per heavy atom. The number of hydrogen-bond acceptors (Lipinski definition) is 6. The molecule has 0 N–H and O–H groups in total. The second-order valence-corrected chi connectivity index (χ2v) is 20.2. The first-order valence-electron chi connectivity index (χ1n) is 26.5. The van der Waals surface area contributed by atoms with E-state index in [1.807, 2.05) is 6.92 Å². The summed E-state index contributed by atoms with van der Waals surface area (Å²) >= 11 is 0. The zero-order valence-corrected chi connectivity index (χ0v) is 41.5. The Morgan fingerprint density at radius 2 is 0.500 bits per heavy atom. The third-order valence-electron chi connectivity index (χ3n) is 12.6. The molecular weight excluding hydrogens is 745 g/mol. The molecule has 0 aliphatic carbocycles. The van der Waals surface area contributed by atoms with E-state index in [1.165, 1.54) is 154 Å². The predicted molar refractivity (Wildman–Crippen MR) is 256 cm³/mol. The maximum Gasteiger partial charge on any atom is 0.305 e. The van der Waals surface area contributed by atoms with Crippen molar-refractivity contribution in [1.29, 1.82) is 0 Å². The largest absolute Gasteiger partial charge is 0.465 e. The summed E-state index contributed by atoms with van der Waals surface area (Å²) in [6.45, 7) is 16.1. The summed E-state index contributed by atoms with van der Waals surface area (Å²) in [7, 11) is 0. The molecule has 356 valence electrons. The van der Waals surface area contributed by atoms with Crippen LogP contribution in [-0.4, -0.2) is 37.7 Å².